The monoisotopic (exact) mass is 455 g/mol. The van der Waals surface area contributed by atoms with Crippen molar-refractivity contribution >= 4 is 22.7 Å². The molecule has 0 saturated carbocycles. The van der Waals surface area contributed by atoms with E-state index < -0.39 is 5.41 Å². The average Bonchev–Trinajstić information content (AvgIpc) is 2.89. The van der Waals surface area contributed by atoms with Crippen LogP contribution in [0.15, 0.2) is 66.9 Å². The molecule has 176 valence electrons. The topological polar surface area (TPSA) is 53.5 Å². The Morgan fingerprint density at radius 1 is 0.941 bits per heavy atom. The molecule has 0 N–H and O–H groups in total. The zero-order chi connectivity index (χ0) is 23.5. The third kappa shape index (κ3) is 4.56. The fourth-order valence-electron chi connectivity index (χ4n) is 5.63. The number of fused-ring (bicyclic) bond motifs is 1. The first-order valence-corrected chi connectivity index (χ1v) is 12.5. The van der Waals surface area contributed by atoms with Crippen LogP contribution in [0.1, 0.15) is 48.5 Å². The Morgan fingerprint density at radius 2 is 1.74 bits per heavy atom. The lowest BCUT2D eigenvalue weighted by molar-refractivity contribution is -0.145. The minimum atomic E-state index is -0.390. The SMILES string of the molecule is CC1(C(=O)N2CCCC(Cc3cccc4ncccc34)C2)CCN(C(=O)c2ccccc2)CC1. The van der Waals surface area contributed by atoms with E-state index in [4.69, 9.17) is 0 Å². The predicted molar refractivity (Wildman–Crippen MR) is 134 cm³/mol. The molecule has 2 saturated heterocycles. The number of carbonyl (C=O) groups excluding carboxylic acids is 2. The molecule has 0 aliphatic carbocycles. The molecule has 2 aliphatic heterocycles. The first-order valence-electron chi connectivity index (χ1n) is 12.5. The number of benzene rings is 2. The van der Waals surface area contributed by atoms with E-state index in [9.17, 15) is 9.59 Å². The van der Waals surface area contributed by atoms with E-state index in [1.807, 2.05) is 47.5 Å². The fraction of sp³-hybridized carbons (Fsp3) is 0.414. The molecule has 1 aromatic heterocycles. The second-order valence-corrected chi connectivity index (χ2v) is 10.2. The molecule has 3 aromatic rings. The predicted octanol–water partition coefficient (Wildman–Crippen LogP) is 4.96. The molecule has 5 heteroatoms. The fourth-order valence-corrected chi connectivity index (χ4v) is 5.63. The van der Waals surface area contributed by atoms with Crippen LogP contribution in [0.25, 0.3) is 10.9 Å². The Bertz CT molecular complexity index is 1160. The van der Waals surface area contributed by atoms with Gasteiger partial charge in [-0.25, -0.2) is 0 Å². The molecule has 2 aromatic carbocycles. The number of hydrogen-bond donors (Lipinski definition) is 0. The number of likely N-dealkylation sites (tertiary alicyclic amines) is 2. The summed E-state index contributed by atoms with van der Waals surface area (Å²) in [5.74, 6) is 0.799. The number of rotatable bonds is 4. The molecular weight excluding hydrogens is 422 g/mol. The van der Waals surface area contributed by atoms with Crippen molar-refractivity contribution in [2.45, 2.75) is 39.0 Å². The van der Waals surface area contributed by atoms with Crippen LogP contribution >= 0.6 is 0 Å². The highest BCUT2D eigenvalue weighted by Gasteiger charge is 2.41. The van der Waals surface area contributed by atoms with Gasteiger partial charge >= 0.3 is 0 Å². The second kappa shape index (κ2) is 9.57. The van der Waals surface area contributed by atoms with Crippen molar-refractivity contribution in [2.24, 2.45) is 11.3 Å². The van der Waals surface area contributed by atoms with Gasteiger partial charge in [0.1, 0.15) is 0 Å². The summed E-state index contributed by atoms with van der Waals surface area (Å²) in [7, 11) is 0. The number of hydrogen-bond acceptors (Lipinski definition) is 3. The molecular formula is C29H33N3O2. The van der Waals surface area contributed by atoms with Gasteiger partial charge in [-0.1, -0.05) is 43.3 Å². The van der Waals surface area contributed by atoms with Gasteiger partial charge in [-0.3, -0.25) is 14.6 Å². The summed E-state index contributed by atoms with van der Waals surface area (Å²) in [5.41, 5.74) is 2.69. The Morgan fingerprint density at radius 3 is 2.53 bits per heavy atom. The molecule has 1 unspecified atom stereocenters. The van der Waals surface area contributed by atoms with E-state index in [0.29, 0.717) is 19.0 Å². The molecule has 5 rings (SSSR count). The summed E-state index contributed by atoms with van der Waals surface area (Å²) in [5, 5.41) is 1.22. The summed E-state index contributed by atoms with van der Waals surface area (Å²) in [4.78, 5) is 35.0. The largest absolute Gasteiger partial charge is 0.342 e. The molecule has 0 spiro atoms. The first-order chi connectivity index (χ1) is 16.5. The van der Waals surface area contributed by atoms with Gasteiger partial charge in [0.25, 0.3) is 5.91 Å². The third-order valence-electron chi connectivity index (χ3n) is 7.74. The average molecular weight is 456 g/mol. The van der Waals surface area contributed by atoms with Crippen LogP contribution in [-0.4, -0.2) is 52.8 Å². The van der Waals surface area contributed by atoms with Crippen LogP contribution in [0, 0.1) is 11.3 Å². The van der Waals surface area contributed by atoms with E-state index >= 15 is 0 Å². The van der Waals surface area contributed by atoms with Crippen molar-refractivity contribution in [1.82, 2.24) is 14.8 Å². The standard InChI is InChI=1S/C29H33N3O2/c1-29(14-18-31(19-15-29)27(33)23-9-3-2-4-10-23)28(34)32-17-7-8-22(21-32)20-24-11-5-13-26-25(24)12-6-16-30-26/h2-6,9-13,16,22H,7-8,14-15,17-21H2,1H3. The van der Waals surface area contributed by atoms with Crippen LogP contribution in [0.3, 0.4) is 0 Å². The molecule has 1 atom stereocenters. The van der Waals surface area contributed by atoms with Gasteiger partial charge in [-0.05, 0) is 67.9 Å². The molecule has 0 radical (unpaired) electrons. The molecule has 0 bridgehead atoms. The highest BCUT2D eigenvalue weighted by atomic mass is 16.2. The van der Waals surface area contributed by atoms with Gasteiger partial charge in [0.05, 0.1) is 5.52 Å². The third-order valence-corrected chi connectivity index (χ3v) is 7.74. The van der Waals surface area contributed by atoms with Crippen LogP contribution in [0.4, 0.5) is 0 Å². The van der Waals surface area contributed by atoms with Crippen LogP contribution in [0.5, 0.6) is 0 Å². The lowest BCUT2D eigenvalue weighted by atomic mass is 9.78. The summed E-state index contributed by atoms with van der Waals surface area (Å²) in [6.45, 7) is 5.03. The van der Waals surface area contributed by atoms with E-state index in [1.165, 1.54) is 10.9 Å². The van der Waals surface area contributed by atoms with Crippen molar-refractivity contribution in [1.29, 1.82) is 0 Å². The Labute approximate surface area is 201 Å². The Hall–Kier alpha value is -3.21. The summed E-state index contributed by atoms with van der Waals surface area (Å²) >= 11 is 0. The van der Waals surface area contributed by atoms with Crippen molar-refractivity contribution < 1.29 is 9.59 Å². The maximum absolute atomic E-state index is 13.6. The normalized spacial score (nSPS) is 20.3. The number of carbonyl (C=O) groups is 2. The van der Waals surface area contributed by atoms with E-state index in [2.05, 4.69) is 41.1 Å². The minimum absolute atomic E-state index is 0.0673. The van der Waals surface area contributed by atoms with Crippen molar-refractivity contribution in [2.75, 3.05) is 26.2 Å². The maximum atomic E-state index is 13.6. The van der Waals surface area contributed by atoms with E-state index in [-0.39, 0.29) is 11.8 Å². The molecule has 34 heavy (non-hydrogen) atoms. The smallest absolute Gasteiger partial charge is 0.253 e. The Balaban J connectivity index is 1.22. The lowest BCUT2D eigenvalue weighted by Crippen LogP contribution is -2.52. The number of aromatic nitrogens is 1. The van der Waals surface area contributed by atoms with Gasteiger partial charge in [0, 0.05) is 48.7 Å². The molecule has 5 nitrogen and oxygen atoms in total. The van der Waals surface area contributed by atoms with E-state index in [0.717, 1.165) is 56.3 Å². The summed E-state index contributed by atoms with van der Waals surface area (Å²) in [6, 6.07) is 19.9. The highest BCUT2D eigenvalue weighted by molar-refractivity contribution is 5.94. The second-order valence-electron chi connectivity index (χ2n) is 10.2. The van der Waals surface area contributed by atoms with Gasteiger partial charge in [0.2, 0.25) is 5.91 Å². The van der Waals surface area contributed by atoms with Gasteiger partial charge in [-0.2, -0.15) is 0 Å². The van der Waals surface area contributed by atoms with Crippen molar-refractivity contribution in [3.05, 3.63) is 78.0 Å². The first kappa shape index (κ1) is 22.6. The summed E-state index contributed by atoms with van der Waals surface area (Å²) in [6.07, 6.45) is 6.46. The molecule has 3 heterocycles. The van der Waals surface area contributed by atoms with Crippen molar-refractivity contribution in [3.63, 3.8) is 0 Å². The van der Waals surface area contributed by atoms with E-state index in [1.54, 1.807) is 0 Å². The van der Waals surface area contributed by atoms with Crippen molar-refractivity contribution in [3.8, 4) is 0 Å². The summed E-state index contributed by atoms with van der Waals surface area (Å²) < 4.78 is 0. The molecule has 2 amide bonds. The number of amides is 2. The lowest BCUT2D eigenvalue weighted by Gasteiger charge is -2.43. The molecule has 2 fully saturated rings. The number of nitrogens with zero attached hydrogens (tertiary/aromatic N) is 3. The maximum Gasteiger partial charge on any atom is 0.253 e. The van der Waals surface area contributed by atoms with Gasteiger partial charge < -0.3 is 9.80 Å². The highest BCUT2D eigenvalue weighted by Crippen LogP contribution is 2.35. The zero-order valence-electron chi connectivity index (χ0n) is 20.0. The van der Waals surface area contributed by atoms with Gasteiger partial charge in [0.15, 0.2) is 0 Å². The minimum Gasteiger partial charge on any atom is -0.342 e. The van der Waals surface area contributed by atoms with Crippen LogP contribution in [-0.2, 0) is 11.2 Å². The molecule has 2 aliphatic rings. The number of pyridine rings is 1. The quantitative estimate of drug-likeness (QED) is 0.559. The number of piperidine rings is 2. The van der Waals surface area contributed by atoms with Crippen LogP contribution in [0.2, 0.25) is 0 Å². The zero-order valence-corrected chi connectivity index (χ0v) is 20.0. The van der Waals surface area contributed by atoms with Gasteiger partial charge in [-0.15, -0.1) is 0 Å². The van der Waals surface area contributed by atoms with Crippen LogP contribution < -0.4 is 0 Å². The Kier molecular flexibility index (Phi) is 6.36.